The second-order valence-corrected chi connectivity index (χ2v) is 8.35. The number of carbonyl (C=O) groups is 1. The van der Waals surface area contributed by atoms with E-state index in [2.05, 4.69) is 0 Å². The first-order valence-electron chi connectivity index (χ1n) is 4.77. The normalized spacial score (nSPS) is 14.6. The van der Waals surface area contributed by atoms with E-state index in [0.29, 0.717) is 0 Å². The Morgan fingerprint density at radius 1 is 1.19 bits per heavy atom. The van der Waals surface area contributed by atoms with Crippen LogP contribution in [-0.2, 0) is 24.5 Å². The van der Waals surface area contributed by atoms with E-state index in [9.17, 15) is 21.6 Å². The van der Waals surface area contributed by atoms with Crippen molar-refractivity contribution in [3.8, 4) is 0 Å². The van der Waals surface area contributed by atoms with Crippen LogP contribution in [0.5, 0.6) is 0 Å². The Kier molecular flexibility index (Phi) is 5.40. The lowest BCUT2D eigenvalue weighted by Gasteiger charge is -2.07. The molecule has 0 saturated heterocycles. The summed E-state index contributed by atoms with van der Waals surface area (Å²) in [6.07, 6.45) is -0.0594. The number of carboxylic acids is 1. The zero-order valence-electron chi connectivity index (χ0n) is 9.21. The van der Waals surface area contributed by atoms with Gasteiger partial charge in [0, 0.05) is 5.75 Å². The molecule has 0 saturated carbocycles. The van der Waals surface area contributed by atoms with E-state index in [0.717, 1.165) is 6.92 Å². The summed E-state index contributed by atoms with van der Waals surface area (Å²) in [6, 6.07) is 0. The molecule has 6 nitrogen and oxygen atoms in total. The zero-order chi connectivity index (χ0) is 13.0. The van der Waals surface area contributed by atoms with Gasteiger partial charge in [0.25, 0.3) is 0 Å². The van der Waals surface area contributed by atoms with Gasteiger partial charge < -0.3 is 5.11 Å². The van der Waals surface area contributed by atoms with E-state index in [-0.39, 0.29) is 17.9 Å². The molecular weight excluding hydrogens is 256 g/mol. The van der Waals surface area contributed by atoms with E-state index >= 15 is 0 Å². The van der Waals surface area contributed by atoms with Gasteiger partial charge in [0.1, 0.15) is 9.84 Å². The molecule has 0 aliphatic heterocycles. The van der Waals surface area contributed by atoms with Crippen LogP contribution >= 0.6 is 0 Å². The smallest absolute Gasteiger partial charge is 0.321 e. The number of rotatable bonds is 7. The van der Waals surface area contributed by atoms with Gasteiger partial charge in [-0.15, -0.1) is 0 Å². The summed E-state index contributed by atoms with van der Waals surface area (Å²) in [6.45, 7) is 2.55. The maximum absolute atomic E-state index is 11.4. The molecule has 1 unspecified atom stereocenters. The lowest BCUT2D eigenvalue weighted by molar-refractivity contribution is -0.136. The van der Waals surface area contributed by atoms with Gasteiger partial charge in [-0.25, -0.2) is 16.8 Å². The summed E-state index contributed by atoms with van der Waals surface area (Å²) in [5.74, 6) is -2.10. The highest BCUT2D eigenvalue weighted by Gasteiger charge is 2.27. The molecule has 0 aromatic heterocycles. The Labute approximate surface area is 95.5 Å². The van der Waals surface area contributed by atoms with Gasteiger partial charge in [-0.1, -0.05) is 6.92 Å². The van der Waals surface area contributed by atoms with Crippen molar-refractivity contribution in [1.82, 2.24) is 0 Å². The summed E-state index contributed by atoms with van der Waals surface area (Å²) in [5.41, 5.74) is 0. The second kappa shape index (κ2) is 5.62. The third kappa shape index (κ3) is 4.93. The molecule has 96 valence electrons. The minimum Gasteiger partial charge on any atom is -0.480 e. The van der Waals surface area contributed by atoms with Crippen molar-refractivity contribution in [2.24, 2.45) is 0 Å². The summed E-state index contributed by atoms with van der Waals surface area (Å²) in [5, 5.41) is 7.04. The fraction of sp³-hybridized carbons (Fsp3) is 0.875. The molecule has 1 N–H and O–H groups in total. The van der Waals surface area contributed by atoms with E-state index in [1.807, 2.05) is 0 Å². The van der Waals surface area contributed by atoms with Crippen LogP contribution in [0.1, 0.15) is 20.3 Å². The highest BCUT2D eigenvalue weighted by atomic mass is 32.2. The minimum atomic E-state index is -3.75. The van der Waals surface area contributed by atoms with Crippen LogP contribution in [0, 0.1) is 0 Å². The highest BCUT2D eigenvalue weighted by molar-refractivity contribution is 7.93. The van der Waals surface area contributed by atoms with Gasteiger partial charge in [-0.3, -0.25) is 4.79 Å². The topological polar surface area (TPSA) is 106 Å². The lowest BCUT2D eigenvalue weighted by Crippen LogP contribution is -2.29. The van der Waals surface area contributed by atoms with Gasteiger partial charge in [0.05, 0.1) is 11.5 Å². The van der Waals surface area contributed by atoms with Crippen molar-refractivity contribution >= 4 is 25.6 Å². The monoisotopic (exact) mass is 272 g/mol. The van der Waals surface area contributed by atoms with Gasteiger partial charge in [-0.05, 0) is 13.3 Å². The Hall–Kier alpha value is -0.630. The predicted molar refractivity (Wildman–Crippen MR) is 59.8 cm³/mol. The molecule has 0 heterocycles. The fourth-order valence-electron chi connectivity index (χ4n) is 0.955. The van der Waals surface area contributed by atoms with Crippen LogP contribution in [0.3, 0.4) is 0 Å². The molecule has 0 aromatic carbocycles. The summed E-state index contributed by atoms with van der Waals surface area (Å²) >= 11 is 0. The van der Waals surface area contributed by atoms with Crippen molar-refractivity contribution in [3.05, 3.63) is 0 Å². The summed E-state index contributed by atoms with van der Waals surface area (Å²) in [4.78, 5) is 10.5. The van der Waals surface area contributed by atoms with E-state index in [4.69, 9.17) is 5.11 Å². The maximum atomic E-state index is 11.4. The molecule has 0 amide bonds. The van der Waals surface area contributed by atoms with E-state index < -0.39 is 36.6 Å². The first-order valence-corrected chi connectivity index (χ1v) is 8.31. The molecule has 1 atom stereocenters. The molecule has 0 aliphatic rings. The van der Waals surface area contributed by atoms with Gasteiger partial charge in [-0.2, -0.15) is 0 Å². The molecule has 8 heteroatoms. The van der Waals surface area contributed by atoms with Crippen molar-refractivity contribution in [3.63, 3.8) is 0 Å². The number of sulfone groups is 2. The first kappa shape index (κ1) is 15.4. The van der Waals surface area contributed by atoms with Crippen LogP contribution < -0.4 is 0 Å². The average Bonchev–Trinajstić information content (AvgIpc) is 2.15. The van der Waals surface area contributed by atoms with Crippen LogP contribution in [0.2, 0.25) is 0 Å². The molecule has 0 rings (SSSR count). The Morgan fingerprint density at radius 3 is 2.06 bits per heavy atom. The number of hydrogen-bond donors (Lipinski definition) is 1. The SMILES string of the molecule is CCS(=O)(=O)CCCS(=O)(=O)C(C)C(=O)O. The lowest BCUT2D eigenvalue weighted by atomic mass is 10.5. The Balaban J connectivity index is 4.38. The number of hydrogen-bond acceptors (Lipinski definition) is 5. The Bertz CT molecular complexity index is 433. The average molecular weight is 272 g/mol. The molecule has 0 radical (unpaired) electrons. The molecule has 0 bridgehead atoms. The van der Waals surface area contributed by atoms with Crippen LogP contribution in [0.15, 0.2) is 0 Å². The summed E-state index contributed by atoms with van der Waals surface area (Å²) in [7, 11) is -6.95. The highest BCUT2D eigenvalue weighted by Crippen LogP contribution is 2.05. The molecule has 0 spiro atoms. The largest absolute Gasteiger partial charge is 0.480 e. The minimum absolute atomic E-state index is 0.0401. The van der Waals surface area contributed by atoms with Crippen molar-refractivity contribution in [1.29, 1.82) is 0 Å². The van der Waals surface area contributed by atoms with Crippen LogP contribution in [0.25, 0.3) is 0 Å². The van der Waals surface area contributed by atoms with Gasteiger partial charge in [0.2, 0.25) is 0 Å². The second-order valence-electron chi connectivity index (χ2n) is 3.44. The quantitative estimate of drug-likeness (QED) is 0.682. The fourth-order valence-corrected chi connectivity index (χ4v) is 3.22. The third-order valence-corrected chi connectivity index (χ3v) is 6.14. The van der Waals surface area contributed by atoms with Crippen LogP contribution in [-0.4, -0.2) is 50.4 Å². The van der Waals surface area contributed by atoms with E-state index in [1.54, 1.807) is 0 Å². The van der Waals surface area contributed by atoms with Crippen molar-refractivity contribution < 1.29 is 26.7 Å². The van der Waals surface area contributed by atoms with E-state index in [1.165, 1.54) is 6.92 Å². The van der Waals surface area contributed by atoms with Gasteiger partial charge in [0.15, 0.2) is 15.1 Å². The third-order valence-electron chi connectivity index (χ3n) is 2.21. The molecule has 0 fully saturated rings. The predicted octanol–water partition coefficient (Wildman–Crippen LogP) is -0.301. The van der Waals surface area contributed by atoms with Crippen molar-refractivity contribution in [2.75, 3.05) is 17.3 Å². The number of carboxylic acid groups (broad SMARTS) is 1. The molecule has 0 aliphatic carbocycles. The molecule has 16 heavy (non-hydrogen) atoms. The maximum Gasteiger partial charge on any atom is 0.321 e. The Morgan fingerprint density at radius 2 is 1.69 bits per heavy atom. The first-order chi connectivity index (χ1) is 7.12. The van der Waals surface area contributed by atoms with Gasteiger partial charge >= 0.3 is 5.97 Å². The molecule has 0 aromatic rings. The summed E-state index contributed by atoms with van der Waals surface area (Å²) < 4.78 is 44.9. The standard InChI is InChI=1S/C8H16O6S2/c1-3-15(11,12)5-4-6-16(13,14)7(2)8(9)10/h7H,3-6H2,1-2H3,(H,9,10). The number of aliphatic carboxylic acids is 1. The van der Waals surface area contributed by atoms with Crippen molar-refractivity contribution in [2.45, 2.75) is 25.5 Å². The zero-order valence-corrected chi connectivity index (χ0v) is 10.8. The van der Waals surface area contributed by atoms with Crippen LogP contribution in [0.4, 0.5) is 0 Å². The molecular formula is C8H16O6S2.